The van der Waals surface area contributed by atoms with Crippen molar-refractivity contribution in [2.24, 2.45) is 5.92 Å². The van der Waals surface area contributed by atoms with Gasteiger partial charge < -0.3 is 9.69 Å². The molecule has 2 nitrogen and oxygen atoms in total. The summed E-state index contributed by atoms with van der Waals surface area (Å²) in [5.41, 5.74) is 0. The van der Waals surface area contributed by atoms with Crippen LogP contribution in [-0.4, -0.2) is 29.8 Å². The molecule has 0 aromatic heterocycles. The molecular weight excluding hydrogens is 162 g/mol. The molecule has 0 spiro atoms. The lowest BCUT2D eigenvalue weighted by Crippen LogP contribution is -2.40. The molecule has 1 heterocycles. The number of hydrogen-bond acceptors (Lipinski definition) is 2. The van der Waals surface area contributed by atoms with Crippen molar-refractivity contribution in [1.29, 1.82) is 0 Å². The zero-order chi connectivity index (χ0) is 9.84. The predicted octanol–water partition coefficient (Wildman–Crippen LogP) is 2.09. The van der Waals surface area contributed by atoms with Gasteiger partial charge in [0.05, 0.1) is 0 Å². The first-order chi connectivity index (χ1) is 6.09. The monoisotopic (exact) mass is 183 g/mol. The second-order valence-electron chi connectivity index (χ2n) is 4.50. The van der Waals surface area contributed by atoms with E-state index < -0.39 is 0 Å². The Hall–Kier alpha value is -0.370. The minimum absolute atomic E-state index is 0.343. The highest BCUT2D eigenvalue weighted by Gasteiger charge is 2.22. The van der Waals surface area contributed by atoms with E-state index in [-0.39, 0.29) is 0 Å². The van der Waals surface area contributed by atoms with Crippen LogP contribution in [0.15, 0.2) is 0 Å². The molecule has 1 saturated heterocycles. The number of hydrogen-bond donors (Lipinski definition) is 0. The molecular formula is C11H21NO. The lowest BCUT2D eigenvalue weighted by molar-refractivity contribution is -0.118. The number of nitrogens with zero attached hydrogens (tertiary/aromatic N) is 1. The molecule has 0 aromatic carbocycles. The number of piperidine rings is 1. The summed E-state index contributed by atoms with van der Waals surface area (Å²) >= 11 is 0. The molecule has 1 rings (SSSR count). The number of Topliss-reactive ketones (excluding diaryl/α,β-unsaturated/α-hetero) is 1. The number of carbonyl (C=O) groups is 1. The number of likely N-dealkylation sites (tertiary alicyclic amines) is 1. The van der Waals surface area contributed by atoms with Crippen LogP contribution in [0.25, 0.3) is 0 Å². The summed E-state index contributed by atoms with van der Waals surface area (Å²) in [7, 11) is 0. The van der Waals surface area contributed by atoms with Gasteiger partial charge in [-0.25, -0.2) is 0 Å². The van der Waals surface area contributed by atoms with Crippen LogP contribution in [0.3, 0.4) is 0 Å². The fourth-order valence-corrected chi connectivity index (χ4v) is 2.14. The molecule has 2 heteroatoms. The van der Waals surface area contributed by atoms with Crippen molar-refractivity contribution in [3.05, 3.63) is 0 Å². The topological polar surface area (TPSA) is 20.3 Å². The van der Waals surface area contributed by atoms with Crippen LogP contribution in [0.5, 0.6) is 0 Å². The summed E-state index contributed by atoms with van der Waals surface area (Å²) in [5.74, 6) is 0.962. The van der Waals surface area contributed by atoms with Gasteiger partial charge in [-0.3, -0.25) is 0 Å². The Morgan fingerprint density at radius 1 is 1.54 bits per heavy atom. The highest BCUT2D eigenvalue weighted by molar-refractivity contribution is 5.75. The third kappa shape index (κ3) is 3.47. The van der Waals surface area contributed by atoms with Crippen LogP contribution in [-0.2, 0) is 4.79 Å². The zero-order valence-corrected chi connectivity index (χ0v) is 9.05. The van der Waals surface area contributed by atoms with Gasteiger partial charge in [0.1, 0.15) is 5.78 Å². The molecule has 0 bridgehead atoms. The van der Waals surface area contributed by atoms with Crippen LogP contribution in [0.2, 0.25) is 0 Å². The Bertz CT molecular complexity index is 177. The second kappa shape index (κ2) is 4.75. The molecule has 0 radical (unpaired) electrons. The van der Waals surface area contributed by atoms with Crippen molar-refractivity contribution in [1.82, 2.24) is 4.90 Å². The first kappa shape index (κ1) is 10.7. The summed E-state index contributed by atoms with van der Waals surface area (Å²) in [6, 6.07) is 0.634. The van der Waals surface area contributed by atoms with Gasteiger partial charge in [-0.1, -0.05) is 0 Å². The van der Waals surface area contributed by atoms with Crippen molar-refractivity contribution >= 4 is 5.78 Å². The lowest BCUT2D eigenvalue weighted by atomic mass is 9.92. The van der Waals surface area contributed by atoms with Gasteiger partial charge in [0.2, 0.25) is 0 Å². The van der Waals surface area contributed by atoms with E-state index in [1.165, 1.54) is 19.4 Å². The van der Waals surface area contributed by atoms with Crippen LogP contribution in [0.1, 0.15) is 40.0 Å². The molecule has 0 aliphatic carbocycles. The summed E-state index contributed by atoms with van der Waals surface area (Å²) < 4.78 is 0. The van der Waals surface area contributed by atoms with E-state index in [1.807, 2.05) is 0 Å². The van der Waals surface area contributed by atoms with Gasteiger partial charge in [-0.05, 0) is 46.1 Å². The van der Waals surface area contributed by atoms with E-state index in [9.17, 15) is 4.79 Å². The van der Waals surface area contributed by atoms with Crippen molar-refractivity contribution in [2.75, 3.05) is 13.1 Å². The Labute approximate surface area is 81.3 Å². The molecule has 13 heavy (non-hydrogen) atoms. The Morgan fingerprint density at radius 2 is 2.23 bits per heavy atom. The van der Waals surface area contributed by atoms with Gasteiger partial charge in [-0.15, -0.1) is 0 Å². The lowest BCUT2D eigenvalue weighted by Gasteiger charge is -2.35. The van der Waals surface area contributed by atoms with Crippen molar-refractivity contribution in [3.63, 3.8) is 0 Å². The molecule has 1 aliphatic heterocycles. The number of ketones is 1. The minimum Gasteiger partial charge on any atom is -0.301 e. The van der Waals surface area contributed by atoms with Gasteiger partial charge in [0.25, 0.3) is 0 Å². The predicted molar refractivity (Wildman–Crippen MR) is 54.7 cm³/mol. The van der Waals surface area contributed by atoms with Crippen molar-refractivity contribution in [3.8, 4) is 0 Å². The number of rotatable bonds is 3. The fourth-order valence-electron chi connectivity index (χ4n) is 2.14. The van der Waals surface area contributed by atoms with E-state index in [2.05, 4.69) is 18.7 Å². The number of carbonyl (C=O) groups excluding carboxylic acids is 1. The third-order valence-corrected chi connectivity index (χ3v) is 2.86. The SMILES string of the molecule is CC(=O)C[C@@H]1CCCN(C(C)C)C1. The fraction of sp³-hybridized carbons (Fsp3) is 0.909. The molecule has 0 saturated carbocycles. The molecule has 0 amide bonds. The van der Waals surface area contributed by atoms with Gasteiger partial charge in [0.15, 0.2) is 0 Å². The van der Waals surface area contributed by atoms with E-state index in [0.717, 1.165) is 13.0 Å². The molecule has 0 N–H and O–H groups in total. The quantitative estimate of drug-likeness (QED) is 0.667. The van der Waals surface area contributed by atoms with Crippen molar-refractivity contribution in [2.45, 2.75) is 46.1 Å². The molecule has 76 valence electrons. The first-order valence-corrected chi connectivity index (χ1v) is 5.33. The van der Waals surface area contributed by atoms with Crippen LogP contribution in [0.4, 0.5) is 0 Å². The van der Waals surface area contributed by atoms with E-state index in [0.29, 0.717) is 17.7 Å². The highest BCUT2D eigenvalue weighted by Crippen LogP contribution is 2.21. The standard InChI is InChI=1S/C11H21NO/c1-9(2)12-6-4-5-11(8-12)7-10(3)13/h9,11H,4-8H2,1-3H3/t11-/m0/s1. The summed E-state index contributed by atoms with van der Waals surface area (Å²) in [5, 5.41) is 0. The normalized spacial score (nSPS) is 25.1. The maximum absolute atomic E-state index is 11.0. The zero-order valence-electron chi connectivity index (χ0n) is 9.05. The highest BCUT2D eigenvalue weighted by atomic mass is 16.1. The Kier molecular flexibility index (Phi) is 3.91. The van der Waals surface area contributed by atoms with Crippen LogP contribution in [0, 0.1) is 5.92 Å². The smallest absolute Gasteiger partial charge is 0.130 e. The second-order valence-corrected chi connectivity index (χ2v) is 4.50. The van der Waals surface area contributed by atoms with Gasteiger partial charge >= 0.3 is 0 Å². The average Bonchev–Trinajstić information content (AvgIpc) is 2.03. The van der Waals surface area contributed by atoms with Gasteiger partial charge in [0, 0.05) is 19.0 Å². The van der Waals surface area contributed by atoms with Crippen LogP contribution < -0.4 is 0 Å². The van der Waals surface area contributed by atoms with Gasteiger partial charge in [-0.2, -0.15) is 0 Å². The first-order valence-electron chi connectivity index (χ1n) is 5.33. The summed E-state index contributed by atoms with van der Waals surface area (Å²) in [4.78, 5) is 13.5. The molecule has 1 atom stereocenters. The Balaban J connectivity index is 2.37. The molecule has 1 aliphatic rings. The summed E-state index contributed by atoms with van der Waals surface area (Å²) in [6.07, 6.45) is 3.28. The third-order valence-electron chi connectivity index (χ3n) is 2.86. The molecule has 1 fully saturated rings. The Morgan fingerprint density at radius 3 is 2.77 bits per heavy atom. The van der Waals surface area contributed by atoms with Crippen molar-refractivity contribution < 1.29 is 4.79 Å². The largest absolute Gasteiger partial charge is 0.301 e. The average molecular weight is 183 g/mol. The summed E-state index contributed by atoms with van der Waals surface area (Å²) in [6.45, 7) is 8.50. The van der Waals surface area contributed by atoms with E-state index in [1.54, 1.807) is 6.92 Å². The van der Waals surface area contributed by atoms with E-state index in [4.69, 9.17) is 0 Å². The van der Waals surface area contributed by atoms with Crippen LogP contribution >= 0.6 is 0 Å². The molecule has 0 unspecified atom stereocenters. The maximum atomic E-state index is 11.0. The van der Waals surface area contributed by atoms with E-state index >= 15 is 0 Å². The minimum atomic E-state index is 0.343. The maximum Gasteiger partial charge on any atom is 0.130 e. The molecule has 0 aromatic rings.